The molecule has 0 amide bonds. The van der Waals surface area contributed by atoms with Crippen LogP contribution in [-0.4, -0.2) is 42.5 Å². The van der Waals surface area contributed by atoms with Gasteiger partial charge >= 0.3 is 0 Å². The minimum atomic E-state index is 0. The molecule has 0 bridgehead atoms. The Labute approximate surface area is 145 Å². The van der Waals surface area contributed by atoms with Crippen molar-refractivity contribution in [2.75, 3.05) is 26.7 Å². The summed E-state index contributed by atoms with van der Waals surface area (Å²) >= 11 is 0. The Kier molecular flexibility index (Phi) is 8.00. The highest BCUT2D eigenvalue weighted by molar-refractivity contribution is 14.0. The molecule has 2 heterocycles. The van der Waals surface area contributed by atoms with E-state index in [0.717, 1.165) is 43.6 Å². The Morgan fingerprint density at radius 1 is 1.38 bits per heavy atom. The highest BCUT2D eigenvalue weighted by atomic mass is 127. The van der Waals surface area contributed by atoms with E-state index in [2.05, 4.69) is 39.2 Å². The van der Waals surface area contributed by atoms with Crippen LogP contribution in [0, 0.1) is 12.8 Å². The Bertz CT molecular complexity index is 436. The monoisotopic (exact) mass is 402 g/mol. The Morgan fingerprint density at radius 3 is 2.67 bits per heavy atom. The third kappa shape index (κ3) is 5.80. The topological polar surface area (TPSA) is 40.5 Å². The van der Waals surface area contributed by atoms with Crippen LogP contribution in [0.25, 0.3) is 0 Å². The van der Waals surface area contributed by atoms with E-state index in [1.165, 1.54) is 18.4 Å². The number of halogens is 1. The first-order valence-corrected chi connectivity index (χ1v) is 7.56. The molecule has 0 radical (unpaired) electrons. The van der Waals surface area contributed by atoms with Crippen molar-refractivity contribution in [3.63, 3.8) is 0 Å². The second-order valence-electron chi connectivity index (χ2n) is 5.70. The van der Waals surface area contributed by atoms with Crippen LogP contribution < -0.4 is 5.32 Å². The number of hydrogen-bond donors (Lipinski definition) is 1. The predicted octanol–water partition coefficient (Wildman–Crippen LogP) is 2.86. The quantitative estimate of drug-likeness (QED) is 0.480. The first-order valence-electron chi connectivity index (χ1n) is 7.56. The molecule has 0 atom stereocenters. The second-order valence-corrected chi connectivity index (χ2v) is 5.70. The standard InChI is InChI=1S/C16H26N4.HI/c1-13-7-10-20(11-8-13)16(17-3)18-9-6-15-5-4-14(2)19-12-15;/h4-5,12-13H,6-11H2,1-3H3,(H,17,18);1H. The molecule has 0 spiro atoms. The molecule has 1 aliphatic rings. The number of aromatic nitrogens is 1. The summed E-state index contributed by atoms with van der Waals surface area (Å²) in [5.41, 5.74) is 2.34. The number of pyridine rings is 1. The maximum absolute atomic E-state index is 4.40. The van der Waals surface area contributed by atoms with Crippen LogP contribution in [0.3, 0.4) is 0 Å². The van der Waals surface area contributed by atoms with Crippen LogP contribution in [0.4, 0.5) is 0 Å². The number of nitrogens with one attached hydrogen (secondary N) is 1. The van der Waals surface area contributed by atoms with Crippen molar-refractivity contribution in [1.29, 1.82) is 0 Å². The molecule has 21 heavy (non-hydrogen) atoms. The Hall–Kier alpha value is -0.850. The van der Waals surface area contributed by atoms with Gasteiger partial charge in [0.05, 0.1) is 0 Å². The van der Waals surface area contributed by atoms with Gasteiger partial charge in [-0.05, 0) is 43.7 Å². The van der Waals surface area contributed by atoms with E-state index in [1.54, 1.807) is 0 Å². The number of piperidine rings is 1. The van der Waals surface area contributed by atoms with E-state index in [1.807, 2.05) is 20.2 Å². The van der Waals surface area contributed by atoms with Gasteiger partial charge in [0.25, 0.3) is 0 Å². The lowest BCUT2D eigenvalue weighted by Gasteiger charge is -2.32. The predicted molar refractivity (Wildman–Crippen MR) is 99.4 cm³/mol. The minimum absolute atomic E-state index is 0. The van der Waals surface area contributed by atoms with E-state index in [4.69, 9.17) is 0 Å². The zero-order chi connectivity index (χ0) is 14.4. The van der Waals surface area contributed by atoms with E-state index in [-0.39, 0.29) is 24.0 Å². The van der Waals surface area contributed by atoms with Gasteiger partial charge in [0.15, 0.2) is 5.96 Å². The summed E-state index contributed by atoms with van der Waals surface area (Å²) in [6.07, 6.45) is 5.48. The van der Waals surface area contributed by atoms with Gasteiger partial charge < -0.3 is 10.2 Å². The second kappa shape index (κ2) is 9.23. The maximum Gasteiger partial charge on any atom is 0.193 e. The molecule has 4 nitrogen and oxygen atoms in total. The van der Waals surface area contributed by atoms with Crippen molar-refractivity contribution in [3.05, 3.63) is 29.6 Å². The molecule has 5 heteroatoms. The van der Waals surface area contributed by atoms with E-state index in [9.17, 15) is 0 Å². The van der Waals surface area contributed by atoms with Gasteiger partial charge in [-0.1, -0.05) is 13.0 Å². The number of aliphatic imine (C=N–C) groups is 1. The van der Waals surface area contributed by atoms with Gasteiger partial charge in [-0.3, -0.25) is 9.98 Å². The van der Waals surface area contributed by atoms with Crippen molar-refractivity contribution >= 4 is 29.9 Å². The number of aryl methyl sites for hydroxylation is 1. The maximum atomic E-state index is 4.40. The number of rotatable bonds is 3. The smallest absolute Gasteiger partial charge is 0.193 e. The Balaban J connectivity index is 0.00000220. The molecule has 0 unspecified atom stereocenters. The number of likely N-dealkylation sites (tertiary alicyclic amines) is 1. The SMILES string of the molecule is CN=C(NCCc1ccc(C)nc1)N1CCC(C)CC1.I. The molecular weight excluding hydrogens is 375 g/mol. The molecule has 1 aromatic rings. The zero-order valence-electron chi connectivity index (χ0n) is 13.3. The van der Waals surface area contributed by atoms with Crippen LogP contribution in [0.15, 0.2) is 23.3 Å². The van der Waals surface area contributed by atoms with Gasteiger partial charge in [0, 0.05) is 38.6 Å². The van der Waals surface area contributed by atoms with Gasteiger partial charge in [-0.15, -0.1) is 24.0 Å². The fourth-order valence-electron chi connectivity index (χ4n) is 2.52. The van der Waals surface area contributed by atoms with Crippen LogP contribution in [-0.2, 0) is 6.42 Å². The number of hydrogen-bond acceptors (Lipinski definition) is 2. The fraction of sp³-hybridized carbons (Fsp3) is 0.625. The lowest BCUT2D eigenvalue weighted by Crippen LogP contribution is -2.45. The minimum Gasteiger partial charge on any atom is -0.356 e. The summed E-state index contributed by atoms with van der Waals surface area (Å²) in [6, 6.07) is 4.21. The zero-order valence-corrected chi connectivity index (χ0v) is 15.6. The number of guanidine groups is 1. The van der Waals surface area contributed by atoms with Gasteiger partial charge in [-0.25, -0.2) is 0 Å². The molecule has 1 saturated heterocycles. The van der Waals surface area contributed by atoms with Crippen LogP contribution in [0.1, 0.15) is 31.0 Å². The summed E-state index contributed by atoms with van der Waals surface area (Å²) in [6.45, 7) is 7.49. The van der Waals surface area contributed by atoms with Crippen molar-refractivity contribution in [1.82, 2.24) is 15.2 Å². The third-order valence-corrected chi connectivity index (χ3v) is 3.96. The summed E-state index contributed by atoms with van der Waals surface area (Å²) < 4.78 is 0. The highest BCUT2D eigenvalue weighted by Gasteiger charge is 2.18. The number of nitrogens with zero attached hydrogens (tertiary/aromatic N) is 3. The van der Waals surface area contributed by atoms with Crippen LogP contribution >= 0.6 is 24.0 Å². The fourth-order valence-corrected chi connectivity index (χ4v) is 2.52. The summed E-state index contributed by atoms with van der Waals surface area (Å²) in [5.74, 6) is 1.89. The van der Waals surface area contributed by atoms with Crippen molar-refractivity contribution < 1.29 is 0 Å². The van der Waals surface area contributed by atoms with Crippen LogP contribution in [0.2, 0.25) is 0 Å². The van der Waals surface area contributed by atoms with Crippen LogP contribution in [0.5, 0.6) is 0 Å². The molecule has 1 N–H and O–H groups in total. The molecule has 0 aliphatic carbocycles. The molecule has 0 saturated carbocycles. The molecule has 0 aromatic carbocycles. The Morgan fingerprint density at radius 2 is 2.10 bits per heavy atom. The normalized spacial score (nSPS) is 16.5. The van der Waals surface area contributed by atoms with Crippen molar-refractivity contribution in [2.24, 2.45) is 10.9 Å². The molecule has 1 aromatic heterocycles. The summed E-state index contributed by atoms with van der Waals surface area (Å²) in [7, 11) is 1.87. The lowest BCUT2D eigenvalue weighted by molar-refractivity contribution is 0.273. The highest BCUT2D eigenvalue weighted by Crippen LogP contribution is 2.15. The molecule has 2 rings (SSSR count). The van der Waals surface area contributed by atoms with E-state index in [0.29, 0.717) is 0 Å². The van der Waals surface area contributed by atoms with E-state index >= 15 is 0 Å². The lowest BCUT2D eigenvalue weighted by atomic mass is 10.00. The van der Waals surface area contributed by atoms with Gasteiger partial charge in [-0.2, -0.15) is 0 Å². The average Bonchev–Trinajstić information content (AvgIpc) is 2.47. The molecule has 118 valence electrons. The van der Waals surface area contributed by atoms with Crippen molar-refractivity contribution in [2.45, 2.75) is 33.1 Å². The van der Waals surface area contributed by atoms with Gasteiger partial charge in [0.2, 0.25) is 0 Å². The third-order valence-electron chi connectivity index (χ3n) is 3.96. The molecule has 1 fully saturated rings. The van der Waals surface area contributed by atoms with Crippen molar-refractivity contribution in [3.8, 4) is 0 Å². The largest absolute Gasteiger partial charge is 0.356 e. The average molecular weight is 402 g/mol. The summed E-state index contributed by atoms with van der Waals surface area (Å²) in [4.78, 5) is 11.1. The summed E-state index contributed by atoms with van der Waals surface area (Å²) in [5, 5.41) is 3.47. The first kappa shape index (κ1) is 18.2. The first-order chi connectivity index (χ1) is 9.69. The molecule has 1 aliphatic heterocycles. The van der Waals surface area contributed by atoms with Gasteiger partial charge in [0.1, 0.15) is 0 Å². The van der Waals surface area contributed by atoms with E-state index < -0.39 is 0 Å². The molecular formula is C16H27IN4.